The van der Waals surface area contributed by atoms with Crippen LogP contribution in [0.1, 0.15) is 30.9 Å². The highest BCUT2D eigenvalue weighted by molar-refractivity contribution is 5.25. The summed E-state index contributed by atoms with van der Waals surface area (Å²) in [6, 6.07) is 8.38. The summed E-state index contributed by atoms with van der Waals surface area (Å²) in [5, 5.41) is 12.7. The van der Waals surface area contributed by atoms with Gasteiger partial charge in [-0.3, -0.25) is 0 Å². The minimum atomic E-state index is -0.158. The summed E-state index contributed by atoms with van der Waals surface area (Å²) in [5.74, 6) is 0. The fraction of sp³-hybridized carbons (Fsp3) is 0.538. The zero-order valence-electron chi connectivity index (χ0n) is 9.66. The van der Waals surface area contributed by atoms with Gasteiger partial charge in [0.05, 0.1) is 6.10 Å². The molecule has 0 saturated carbocycles. The molecule has 0 aliphatic heterocycles. The van der Waals surface area contributed by atoms with E-state index >= 15 is 0 Å². The summed E-state index contributed by atoms with van der Waals surface area (Å²) in [6.07, 6.45) is 1.52. The summed E-state index contributed by atoms with van der Waals surface area (Å²) < 4.78 is 0. The van der Waals surface area contributed by atoms with Gasteiger partial charge in [-0.1, -0.05) is 31.2 Å². The van der Waals surface area contributed by atoms with Crippen LogP contribution in [0.25, 0.3) is 0 Å². The Hall–Kier alpha value is -0.860. The van der Waals surface area contributed by atoms with Crippen LogP contribution < -0.4 is 5.32 Å². The number of rotatable bonds is 6. The minimum Gasteiger partial charge on any atom is -0.393 e. The van der Waals surface area contributed by atoms with Crippen molar-refractivity contribution in [3.63, 3.8) is 0 Å². The average Bonchev–Trinajstić information content (AvgIpc) is 2.26. The van der Waals surface area contributed by atoms with E-state index in [1.165, 1.54) is 11.1 Å². The molecule has 1 aromatic rings. The van der Waals surface area contributed by atoms with Crippen molar-refractivity contribution in [2.45, 2.75) is 39.3 Å². The van der Waals surface area contributed by atoms with E-state index in [2.05, 4.69) is 36.5 Å². The molecule has 0 radical (unpaired) electrons. The predicted octanol–water partition coefficient (Wildman–Crippen LogP) is 2.25. The zero-order chi connectivity index (χ0) is 11.1. The first-order valence-corrected chi connectivity index (χ1v) is 5.67. The molecule has 1 unspecified atom stereocenters. The fourth-order valence-corrected chi connectivity index (χ4v) is 1.50. The first kappa shape index (κ1) is 12.2. The third-order valence-electron chi connectivity index (χ3n) is 2.70. The lowest BCUT2D eigenvalue weighted by Gasteiger charge is -2.10. The van der Waals surface area contributed by atoms with Gasteiger partial charge in [-0.2, -0.15) is 0 Å². The van der Waals surface area contributed by atoms with Gasteiger partial charge >= 0.3 is 0 Å². The van der Waals surface area contributed by atoms with E-state index in [-0.39, 0.29) is 6.10 Å². The standard InChI is InChI=1S/C13H21NO/c1-3-13(15)8-9-14-10-12-7-5-4-6-11(12)2/h4-7,13-15H,3,8-10H2,1-2H3. The maximum absolute atomic E-state index is 9.37. The van der Waals surface area contributed by atoms with Crippen LogP contribution in [0.3, 0.4) is 0 Å². The molecule has 1 aromatic carbocycles. The van der Waals surface area contributed by atoms with Crippen LogP contribution in [-0.4, -0.2) is 17.8 Å². The Balaban J connectivity index is 2.23. The van der Waals surface area contributed by atoms with Gasteiger partial charge in [0, 0.05) is 6.54 Å². The second-order valence-corrected chi connectivity index (χ2v) is 3.95. The van der Waals surface area contributed by atoms with Gasteiger partial charge in [0.15, 0.2) is 0 Å². The van der Waals surface area contributed by atoms with Gasteiger partial charge in [0.2, 0.25) is 0 Å². The summed E-state index contributed by atoms with van der Waals surface area (Å²) >= 11 is 0. The van der Waals surface area contributed by atoms with Gasteiger partial charge in [-0.25, -0.2) is 0 Å². The lowest BCUT2D eigenvalue weighted by molar-refractivity contribution is 0.159. The van der Waals surface area contributed by atoms with Gasteiger partial charge in [0.25, 0.3) is 0 Å². The van der Waals surface area contributed by atoms with Crippen molar-refractivity contribution in [2.75, 3.05) is 6.54 Å². The molecule has 2 N–H and O–H groups in total. The van der Waals surface area contributed by atoms with Gasteiger partial charge in [-0.15, -0.1) is 0 Å². The molecule has 2 nitrogen and oxygen atoms in total. The predicted molar refractivity (Wildman–Crippen MR) is 63.8 cm³/mol. The van der Waals surface area contributed by atoms with Gasteiger partial charge < -0.3 is 10.4 Å². The second-order valence-electron chi connectivity index (χ2n) is 3.95. The van der Waals surface area contributed by atoms with Crippen molar-refractivity contribution < 1.29 is 5.11 Å². The molecule has 0 amide bonds. The summed E-state index contributed by atoms with van der Waals surface area (Å²) in [4.78, 5) is 0. The van der Waals surface area contributed by atoms with Crippen LogP contribution in [0.15, 0.2) is 24.3 Å². The van der Waals surface area contributed by atoms with Crippen molar-refractivity contribution in [1.29, 1.82) is 0 Å². The van der Waals surface area contributed by atoms with E-state index in [1.54, 1.807) is 0 Å². The third-order valence-corrected chi connectivity index (χ3v) is 2.70. The van der Waals surface area contributed by atoms with E-state index in [1.807, 2.05) is 6.92 Å². The Kier molecular flexibility index (Phi) is 5.37. The van der Waals surface area contributed by atoms with Crippen LogP contribution in [0.4, 0.5) is 0 Å². The molecule has 0 saturated heterocycles. The van der Waals surface area contributed by atoms with Crippen molar-refractivity contribution in [3.05, 3.63) is 35.4 Å². The molecular weight excluding hydrogens is 186 g/mol. The Morgan fingerprint density at radius 3 is 2.73 bits per heavy atom. The molecule has 0 fully saturated rings. The first-order valence-electron chi connectivity index (χ1n) is 5.67. The summed E-state index contributed by atoms with van der Waals surface area (Å²) in [5.41, 5.74) is 2.66. The van der Waals surface area contributed by atoms with Crippen LogP contribution in [-0.2, 0) is 6.54 Å². The Bertz CT molecular complexity index is 286. The Labute approximate surface area is 92.3 Å². The number of nitrogens with one attached hydrogen (secondary N) is 1. The molecule has 0 aliphatic rings. The maximum atomic E-state index is 9.37. The molecule has 0 aliphatic carbocycles. The number of aliphatic hydroxyl groups is 1. The van der Waals surface area contributed by atoms with E-state index in [4.69, 9.17) is 0 Å². The SMILES string of the molecule is CCC(O)CCNCc1ccccc1C. The van der Waals surface area contributed by atoms with Crippen LogP contribution in [0, 0.1) is 6.92 Å². The van der Waals surface area contributed by atoms with Gasteiger partial charge in [-0.05, 0) is 37.4 Å². The monoisotopic (exact) mass is 207 g/mol. The normalized spacial score (nSPS) is 12.7. The number of hydrogen-bond donors (Lipinski definition) is 2. The molecular formula is C13H21NO. The van der Waals surface area contributed by atoms with E-state index in [0.29, 0.717) is 0 Å². The van der Waals surface area contributed by atoms with E-state index in [0.717, 1.165) is 25.9 Å². The number of aliphatic hydroxyl groups excluding tert-OH is 1. The number of aryl methyl sites for hydroxylation is 1. The fourth-order valence-electron chi connectivity index (χ4n) is 1.50. The Morgan fingerprint density at radius 1 is 1.33 bits per heavy atom. The summed E-state index contributed by atoms with van der Waals surface area (Å²) in [6.45, 7) is 5.90. The highest BCUT2D eigenvalue weighted by Gasteiger charge is 2.00. The third kappa shape index (κ3) is 4.45. The van der Waals surface area contributed by atoms with Crippen LogP contribution >= 0.6 is 0 Å². The maximum Gasteiger partial charge on any atom is 0.0549 e. The van der Waals surface area contributed by atoms with Crippen molar-refractivity contribution >= 4 is 0 Å². The van der Waals surface area contributed by atoms with E-state index in [9.17, 15) is 5.11 Å². The molecule has 1 rings (SSSR count). The number of hydrogen-bond acceptors (Lipinski definition) is 2. The highest BCUT2D eigenvalue weighted by Crippen LogP contribution is 2.06. The minimum absolute atomic E-state index is 0.158. The Morgan fingerprint density at radius 2 is 2.07 bits per heavy atom. The zero-order valence-corrected chi connectivity index (χ0v) is 9.66. The average molecular weight is 207 g/mol. The summed E-state index contributed by atoms with van der Waals surface area (Å²) in [7, 11) is 0. The smallest absolute Gasteiger partial charge is 0.0549 e. The highest BCUT2D eigenvalue weighted by atomic mass is 16.3. The van der Waals surface area contributed by atoms with Crippen molar-refractivity contribution in [3.8, 4) is 0 Å². The molecule has 0 aromatic heterocycles. The molecule has 2 heteroatoms. The van der Waals surface area contributed by atoms with E-state index < -0.39 is 0 Å². The molecule has 0 bridgehead atoms. The number of benzene rings is 1. The second kappa shape index (κ2) is 6.59. The molecule has 15 heavy (non-hydrogen) atoms. The van der Waals surface area contributed by atoms with Crippen LogP contribution in [0.5, 0.6) is 0 Å². The van der Waals surface area contributed by atoms with Crippen molar-refractivity contribution in [2.24, 2.45) is 0 Å². The molecule has 0 heterocycles. The van der Waals surface area contributed by atoms with Crippen LogP contribution in [0.2, 0.25) is 0 Å². The molecule has 0 spiro atoms. The molecule has 84 valence electrons. The first-order chi connectivity index (χ1) is 7.24. The molecule has 1 atom stereocenters. The van der Waals surface area contributed by atoms with Gasteiger partial charge in [0.1, 0.15) is 0 Å². The quantitative estimate of drug-likeness (QED) is 0.701. The topological polar surface area (TPSA) is 32.3 Å². The van der Waals surface area contributed by atoms with Crippen molar-refractivity contribution in [1.82, 2.24) is 5.32 Å². The largest absolute Gasteiger partial charge is 0.393 e. The lowest BCUT2D eigenvalue weighted by atomic mass is 10.1. The lowest BCUT2D eigenvalue weighted by Crippen LogP contribution is -2.20.